The number of aromatic hydroxyl groups is 1. The Labute approximate surface area is 183 Å². The van der Waals surface area contributed by atoms with E-state index in [2.05, 4.69) is 0 Å². The zero-order valence-corrected chi connectivity index (χ0v) is 18.1. The average Bonchev–Trinajstić information content (AvgIpc) is 2.68. The Kier molecular flexibility index (Phi) is 4.83. The molecule has 3 aliphatic rings. The number of rotatable bonds is 2. The third-order valence-corrected chi connectivity index (χ3v) is 6.96. The van der Waals surface area contributed by atoms with Crippen LogP contribution in [0.25, 0.3) is 0 Å². The molecular weight excluding hydrogens is 421 g/mol. The monoisotopic (exact) mass is 445 g/mol. The number of carbonyl (C=O) groups excluding carboxylic acids is 3. The number of benzene rings is 1. The summed E-state index contributed by atoms with van der Waals surface area (Å²) in [7, 11) is 3.15. The minimum absolute atomic E-state index is 0.00202. The van der Waals surface area contributed by atoms with Gasteiger partial charge in [0.1, 0.15) is 28.7 Å². The lowest BCUT2D eigenvalue weighted by Gasteiger charge is -2.50. The maximum Gasteiger partial charge on any atom is 0.209 e. The van der Waals surface area contributed by atoms with E-state index in [9.17, 15) is 39.2 Å². The van der Waals surface area contributed by atoms with Crippen molar-refractivity contribution in [1.82, 2.24) is 4.90 Å². The van der Waals surface area contributed by atoms with Gasteiger partial charge in [0.05, 0.1) is 11.6 Å². The molecule has 3 aliphatic carbocycles. The third-order valence-electron chi connectivity index (χ3n) is 6.96. The first-order valence-electron chi connectivity index (χ1n) is 10.2. The summed E-state index contributed by atoms with van der Waals surface area (Å²) in [6, 6.07) is 0.114. The van der Waals surface area contributed by atoms with Gasteiger partial charge < -0.3 is 20.4 Å². The molecule has 0 radical (unpaired) electrons. The molecular formula is C23H24FNO7. The molecule has 0 spiro atoms. The Hall–Kier alpha value is -3.04. The Morgan fingerprint density at radius 2 is 1.84 bits per heavy atom. The van der Waals surface area contributed by atoms with Crippen LogP contribution in [0.15, 0.2) is 28.7 Å². The Bertz CT molecular complexity index is 1170. The fraction of sp³-hybridized carbons (Fsp3) is 0.435. The number of fused-ring (bicyclic) bond motifs is 3. The summed E-state index contributed by atoms with van der Waals surface area (Å²) in [5.41, 5.74) is -3.72. The molecule has 9 heteroatoms. The van der Waals surface area contributed by atoms with E-state index in [-0.39, 0.29) is 35.1 Å². The predicted octanol–water partition coefficient (Wildman–Crippen LogP) is 1.67. The van der Waals surface area contributed by atoms with Crippen molar-refractivity contribution in [3.05, 3.63) is 51.2 Å². The minimum atomic E-state index is -2.63. The van der Waals surface area contributed by atoms with Gasteiger partial charge in [-0.2, -0.15) is 0 Å². The number of hydrogen-bond donors (Lipinski definition) is 4. The number of aryl methyl sites for hydroxylation is 1. The maximum absolute atomic E-state index is 14.7. The van der Waals surface area contributed by atoms with Crippen LogP contribution in [-0.2, 0) is 16.0 Å². The maximum atomic E-state index is 14.7. The van der Waals surface area contributed by atoms with E-state index in [4.69, 9.17) is 0 Å². The van der Waals surface area contributed by atoms with Gasteiger partial charge in [0.2, 0.25) is 5.78 Å². The van der Waals surface area contributed by atoms with E-state index in [0.717, 1.165) is 13.0 Å². The van der Waals surface area contributed by atoms with Gasteiger partial charge in [0.25, 0.3) is 0 Å². The van der Waals surface area contributed by atoms with Crippen LogP contribution < -0.4 is 0 Å². The number of halogens is 1. The van der Waals surface area contributed by atoms with Gasteiger partial charge >= 0.3 is 0 Å². The van der Waals surface area contributed by atoms with Gasteiger partial charge in [-0.05, 0) is 58.3 Å². The molecule has 1 aromatic rings. The second-order valence-electron chi connectivity index (χ2n) is 9.03. The van der Waals surface area contributed by atoms with Crippen LogP contribution in [0.2, 0.25) is 0 Å². The molecule has 0 aromatic heterocycles. The molecule has 4 N–H and O–H groups in total. The van der Waals surface area contributed by atoms with E-state index in [1.165, 1.54) is 11.8 Å². The minimum Gasteiger partial charge on any atom is -0.510 e. The fourth-order valence-electron chi connectivity index (χ4n) is 5.50. The highest BCUT2D eigenvalue weighted by molar-refractivity contribution is 6.25. The number of Topliss-reactive ketones (excluding diaryl/α,β-unsaturated/α-hetero) is 3. The summed E-state index contributed by atoms with van der Waals surface area (Å²) in [5.74, 6) is -7.25. The quantitative estimate of drug-likeness (QED) is 0.505. The number of likely N-dealkylation sites (N-methyl/N-ethyl adjacent to an activating group) is 1. The largest absolute Gasteiger partial charge is 0.510 e. The molecule has 32 heavy (non-hydrogen) atoms. The number of aliphatic hydroxyl groups excluding tert-OH is 2. The van der Waals surface area contributed by atoms with Crippen molar-refractivity contribution in [3.8, 4) is 5.75 Å². The molecule has 0 amide bonds. The van der Waals surface area contributed by atoms with Crippen LogP contribution in [-0.4, -0.2) is 68.4 Å². The number of allylic oxidation sites excluding steroid dienone is 1. The molecule has 0 bridgehead atoms. The molecule has 0 fully saturated rings. The van der Waals surface area contributed by atoms with Gasteiger partial charge in [0, 0.05) is 17.1 Å². The zero-order valence-electron chi connectivity index (χ0n) is 18.1. The number of phenols is 1. The lowest BCUT2D eigenvalue weighted by Crippen LogP contribution is -2.63. The van der Waals surface area contributed by atoms with Gasteiger partial charge in [0.15, 0.2) is 17.2 Å². The number of phenolic OH excluding ortho intramolecular Hbond substituents is 1. The van der Waals surface area contributed by atoms with E-state index in [0.29, 0.717) is 0 Å². The van der Waals surface area contributed by atoms with Gasteiger partial charge in [-0.25, -0.2) is 4.39 Å². The van der Waals surface area contributed by atoms with Crippen LogP contribution in [0, 0.1) is 24.6 Å². The standard InChI is InChI=1S/C23H24FNO7/c1-8-5-13(24)11-6-10-7-12-17(25(3)4)20(29)14(9(2)26)21(30)23(12,32)22(31)15(10)19(28)16(11)18(8)27/h5,10,12,17,27,29,31-32H,6-7H2,1-4H3/t10?,12?,17-,23+/m0/s1. The van der Waals surface area contributed by atoms with Crippen molar-refractivity contribution in [3.63, 3.8) is 0 Å². The van der Waals surface area contributed by atoms with E-state index in [1.54, 1.807) is 14.1 Å². The van der Waals surface area contributed by atoms with Crippen molar-refractivity contribution in [1.29, 1.82) is 0 Å². The molecule has 170 valence electrons. The summed E-state index contributed by atoms with van der Waals surface area (Å²) in [4.78, 5) is 40.1. The van der Waals surface area contributed by atoms with Crippen molar-refractivity contribution < 1.29 is 39.2 Å². The first kappa shape index (κ1) is 22.2. The van der Waals surface area contributed by atoms with Crippen LogP contribution in [0.1, 0.15) is 34.8 Å². The number of hydrogen-bond acceptors (Lipinski definition) is 8. The predicted molar refractivity (Wildman–Crippen MR) is 110 cm³/mol. The fourth-order valence-corrected chi connectivity index (χ4v) is 5.50. The lowest BCUT2D eigenvalue weighted by molar-refractivity contribution is -0.148. The second-order valence-corrected chi connectivity index (χ2v) is 9.03. The van der Waals surface area contributed by atoms with Crippen LogP contribution in [0.4, 0.5) is 4.39 Å². The molecule has 0 aliphatic heterocycles. The molecule has 4 rings (SSSR count). The van der Waals surface area contributed by atoms with Gasteiger partial charge in [-0.3, -0.25) is 19.3 Å². The lowest BCUT2D eigenvalue weighted by atomic mass is 9.58. The molecule has 1 aromatic carbocycles. The van der Waals surface area contributed by atoms with Gasteiger partial charge in [-0.15, -0.1) is 0 Å². The van der Waals surface area contributed by atoms with Gasteiger partial charge in [-0.1, -0.05) is 0 Å². The highest BCUT2D eigenvalue weighted by Gasteiger charge is 2.63. The first-order valence-corrected chi connectivity index (χ1v) is 10.2. The molecule has 8 nitrogen and oxygen atoms in total. The van der Waals surface area contributed by atoms with Crippen LogP contribution in [0.3, 0.4) is 0 Å². The summed E-state index contributed by atoms with van der Waals surface area (Å²) >= 11 is 0. The first-order chi connectivity index (χ1) is 14.8. The zero-order chi connectivity index (χ0) is 23.9. The molecule has 4 atom stereocenters. The average molecular weight is 445 g/mol. The van der Waals surface area contributed by atoms with E-state index in [1.807, 2.05) is 0 Å². The van der Waals surface area contributed by atoms with Crippen molar-refractivity contribution >= 4 is 17.3 Å². The second kappa shape index (κ2) is 6.98. The summed E-state index contributed by atoms with van der Waals surface area (Å²) in [5, 5.41) is 43.8. The van der Waals surface area contributed by atoms with Crippen LogP contribution >= 0.6 is 0 Å². The van der Waals surface area contributed by atoms with Crippen molar-refractivity contribution in [2.24, 2.45) is 11.8 Å². The number of nitrogens with zero attached hydrogens (tertiary/aromatic N) is 1. The smallest absolute Gasteiger partial charge is 0.209 e. The number of carbonyl (C=O) groups is 3. The topological polar surface area (TPSA) is 135 Å². The van der Waals surface area contributed by atoms with Crippen LogP contribution in [0.5, 0.6) is 5.75 Å². The molecule has 0 saturated heterocycles. The molecule has 0 heterocycles. The molecule has 2 unspecified atom stereocenters. The van der Waals surface area contributed by atoms with Crippen molar-refractivity contribution in [2.45, 2.75) is 38.3 Å². The summed E-state index contributed by atoms with van der Waals surface area (Å²) < 4.78 is 14.7. The van der Waals surface area contributed by atoms with Crippen molar-refractivity contribution in [2.75, 3.05) is 14.1 Å². The summed E-state index contributed by atoms with van der Waals surface area (Å²) in [6.45, 7) is 2.48. The Morgan fingerprint density at radius 3 is 2.41 bits per heavy atom. The Morgan fingerprint density at radius 1 is 1.22 bits per heavy atom. The number of ketones is 3. The number of aliphatic hydroxyl groups is 3. The van der Waals surface area contributed by atoms with E-state index < -0.39 is 69.5 Å². The SMILES string of the molecule is CC(=O)C1=C(O)[C@@H](N(C)C)C2CC3Cc4c(F)cc(C)c(O)c4C(=O)C3=C(O)[C@]2(O)C1=O. The third kappa shape index (κ3) is 2.64. The molecule has 0 saturated carbocycles. The normalized spacial score (nSPS) is 29.8. The van der Waals surface area contributed by atoms with E-state index >= 15 is 0 Å². The highest BCUT2D eigenvalue weighted by atomic mass is 19.1. The highest BCUT2D eigenvalue weighted by Crippen LogP contribution is 2.52. The summed E-state index contributed by atoms with van der Waals surface area (Å²) in [6.07, 6.45) is -0.0932. The Balaban J connectivity index is 1.99.